The van der Waals surface area contributed by atoms with E-state index in [1.807, 2.05) is 20.8 Å². The number of rotatable bonds is 2. The highest BCUT2D eigenvalue weighted by Crippen LogP contribution is 2.05. The second-order valence-corrected chi connectivity index (χ2v) is 3.37. The highest BCUT2D eigenvalue weighted by Gasteiger charge is 2.16. The quantitative estimate of drug-likeness (QED) is 0.585. The Morgan fingerprint density at radius 3 is 1.90 bits per heavy atom. The summed E-state index contributed by atoms with van der Waals surface area (Å²) < 4.78 is 0. The zero-order valence-corrected chi connectivity index (χ0v) is 7.47. The van der Waals surface area contributed by atoms with Gasteiger partial charge in [-0.2, -0.15) is 0 Å². The van der Waals surface area contributed by atoms with Crippen LogP contribution >= 0.6 is 0 Å². The van der Waals surface area contributed by atoms with Crippen molar-refractivity contribution >= 4 is 5.71 Å². The van der Waals surface area contributed by atoms with Crippen LogP contribution in [0.4, 0.5) is 0 Å². The SMILES string of the molecule is CC(=NC(C)C)C(C)(C)O. The lowest BCUT2D eigenvalue weighted by Gasteiger charge is -2.17. The fourth-order valence-electron chi connectivity index (χ4n) is 0.545. The third-order valence-electron chi connectivity index (χ3n) is 1.34. The van der Waals surface area contributed by atoms with Crippen LogP contribution in [-0.4, -0.2) is 22.5 Å². The molecule has 0 unspecified atom stereocenters. The summed E-state index contributed by atoms with van der Waals surface area (Å²) in [5, 5.41) is 9.40. The van der Waals surface area contributed by atoms with Gasteiger partial charge in [-0.25, -0.2) is 0 Å². The van der Waals surface area contributed by atoms with E-state index in [1.165, 1.54) is 0 Å². The van der Waals surface area contributed by atoms with Gasteiger partial charge in [0.2, 0.25) is 0 Å². The highest BCUT2D eigenvalue weighted by atomic mass is 16.3. The average Bonchev–Trinajstić information content (AvgIpc) is 1.60. The molecule has 0 spiro atoms. The number of hydrogen-bond acceptors (Lipinski definition) is 2. The van der Waals surface area contributed by atoms with Gasteiger partial charge in [-0.3, -0.25) is 4.99 Å². The summed E-state index contributed by atoms with van der Waals surface area (Å²) in [5.74, 6) is 0. The molecule has 0 saturated carbocycles. The molecule has 0 bridgehead atoms. The Labute approximate surface area is 63.0 Å². The molecule has 0 aromatic rings. The van der Waals surface area contributed by atoms with Crippen LogP contribution in [0.1, 0.15) is 34.6 Å². The topological polar surface area (TPSA) is 32.6 Å². The first kappa shape index (κ1) is 9.63. The molecule has 0 atom stereocenters. The van der Waals surface area contributed by atoms with E-state index in [0.29, 0.717) is 0 Å². The van der Waals surface area contributed by atoms with E-state index >= 15 is 0 Å². The second-order valence-electron chi connectivity index (χ2n) is 3.37. The summed E-state index contributed by atoms with van der Waals surface area (Å²) in [6.07, 6.45) is 0. The van der Waals surface area contributed by atoms with Gasteiger partial charge in [0, 0.05) is 11.8 Å². The molecule has 0 aliphatic carbocycles. The van der Waals surface area contributed by atoms with E-state index in [1.54, 1.807) is 13.8 Å². The molecule has 60 valence electrons. The fraction of sp³-hybridized carbons (Fsp3) is 0.875. The number of nitrogens with zero attached hydrogens (tertiary/aromatic N) is 1. The fourth-order valence-corrected chi connectivity index (χ4v) is 0.545. The molecule has 0 aliphatic heterocycles. The smallest absolute Gasteiger partial charge is 0.0963 e. The number of aliphatic imine (C=N–C) groups is 1. The van der Waals surface area contributed by atoms with Gasteiger partial charge in [0.15, 0.2) is 0 Å². The van der Waals surface area contributed by atoms with Gasteiger partial charge in [-0.1, -0.05) is 0 Å². The predicted octanol–water partition coefficient (Wildman–Crippen LogP) is 1.63. The van der Waals surface area contributed by atoms with E-state index in [4.69, 9.17) is 0 Å². The summed E-state index contributed by atoms with van der Waals surface area (Å²) in [7, 11) is 0. The van der Waals surface area contributed by atoms with Crippen LogP contribution in [0.15, 0.2) is 4.99 Å². The van der Waals surface area contributed by atoms with Crippen molar-refractivity contribution in [3.8, 4) is 0 Å². The van der Waals surface area contributed by atoms with E-state index in [2.05, 4.69) is 4.99 Å². The van der Waals surface area contributed by atoms with Crippen LogP contribution in [0.2, 0.25) is 0 Å². The maximum atomic E-state index is 9.40. The maximum absolute atomic E-state index is 9.40. The minimum atomic E-state index is -0.760. The standard InChI is InChI=1S/C8H17NO/c1-6(2)9-7(3)8(4,5)10/h6,10H,1-5H3. The molecule has 10 heavy (non-hydrogen) atoms. The first-order chi connectivity index (χ1) is 4.34. The predicted molar refractivity (Wildman–Crippen MR) is 44.5 cm³/mol. The minimum Gasteiger partial charge on any atom is -0.385 e. The van der Waals surface area contributed by atoms with Crippen molar-refractivity contribution in [1.29, 1.82) is 0 Å². The highest BCUT2D eigenvalue weighted by molar-refractivity contribution is 5.89. The zero-order chi connectivity index (χ0) is 8.36. The van der Waals surface area contributed by atoms with Crippen LogP contribution in [0.5, 0.6) is 0 Å². The van der Waals surface area contributed by atoms with E-state index in [0.717, 1.165) is 5.71 Å². The van der Waals surface area contributed by atoms with E-state index in [9.17, 15) is 5.11 Å². The van der Waals surface area contributed by atoms with Gasteiger partial charge >= 0.3 is 0 Å². The molecule has 0 aromatic heterocycles. The largest absolute Gasteiger partial charge is 0.385 e. The Morgan fingerprint density at radius 2 is 1.80 bits per heavy atom. The molecule has 0 aromatic carbocycles. The molecule has 0 rings (SSSR count). The maximum Gasteiger partial charge on any atom is 0.0963 e. The Bertz CT molecular complexity index is 131. The molecule has 0 radical (unpaired) electrons. The van der Waals surface area contributed by atoms with Crippen molar-refractivity contribution < 1.29 is 5.11 Å². The van der Waals surface area contributed by atoms with Crippen molar-refractivity contribution in [2.24, 2.45) is 4.99 Å². The first-order valence-electron chi connectivity index (χ1n) is 3.61. The third-order valence-corrected chi connectivity index (χ3v) is 1.34. The van der Waals surface area contributed by atoms with Gasteiger partial charge in [-0.05, 0) is 34.6 Å². The second kappa shape index (κ2) is 3.15. The first-order valence-corrected chi connectivity index (χ1v) is 3.61. The summed E-state index contributed by atoms with van der Waals surface area (Å²) in [4.78, 5) is 4.22. The van der Waals surface area contributed by atoms with Crippen LogP contribution in [-0.2, 0) is 0 Å². The van der Waals surface area contributed by atoms with Crippen molar-refractivity contribution in [2.45, 2.75) is 46.3 Å². The van der Waals surface area contributed by atoms with Crippen LogP contribution in [0.25, 0.3) is 0 Å². The molecular weight excluding hydrogens is 126 g/mol. The molecule has 0 amide bonds. The Kier molecular flexibility index (Phi) is 3.03. The third kappa shape index (κ3) is 3.62. The lowest BCUT2D eigenvalue weighted by Crippen LogP contribution is -2.29. The molecule has 0 heterocycles. The number of aliphatic hydroxyl groups is 1. The van der Waals surface area contributed by atoms with Gasteiger partial charge in [0.25, 0.3) is 0 Å². The Hall–Kier alpha value is -0.370. The van der Waals surface area contributed by atoms with Crippen molar-refractivity contribution in [1.82, 2.24) is 0 Å². The normalized spacial score (nSPS) is 14.5. The summed E-state index contributed by atoms with van der Waals surface area (Å²) in [5.41, 5.74) is 0.0343. The minimum absolute atomic E-state index is 0.270. The molecule has 2 heteroatoms. The van der Waals surface area contributed by atoms with Gasteiger partial charge in [-0.15, -0.1) is 0 Å². The lowest BCUT2D eigenvalue weighted by molar-refractivity contribution is 0.152. The molecule has 0 saturated heterocycles. The Balaban J connectivity index is 4.20. The van der Waals surface area contributed by atoms with E-state index in [-0.39, 0.29) is 6.04 Å². The van der Waals surface area contributed by atoms with Crippen molar-refractivity contribution in [3.63, 3.8) is 0 Å². The summed E-state index contributed by atoms with van der Waals surface area (Å²) in [6.45, 7) is 9.33. The van der Waals surface area contributed by atoms with Crippen LogP contribution in [0.3, 0.4) is 0 Å². The van der Waals surface area contributed by atoms with Gasteiger partial charge < -0.3 is 5.11 Å². The molecule has 0 fully saturated rings. The lowest BCUT2D eigenvalue weighted by atomic mass is 10.0. The zero-order valence-electron chi connectivity index (χ0n) is 7.47. The average molecular weight is 143 g/mol. The molecule has 0 aliphatic rings. The summed E-state index contributed by atoms with van der Waals surface area (Å²) in [6, 6.07) is 0.270. The van der Waals surface area contributed by atoms with Crippen molar-refractivity contribution in [3.05, 3.63) is 0 Å². The number of hydrogen-bond donors (Lipinski definition) is 1. The van der Waals surface area contributed by atoms with Crippen molar-refractivity contribution in [2.75, 3.05) is 0 Å². The molecular formula is C8H17NO. The molecule has 2 nitrogen and oxygen atoms in total. The molecule has 1 N–H and O–H groups in total. The van der Waals surface area contributed by atoms with E-state index < -0.39 is 5.60 Å². The van der Waals surface area contributed by atoms with Gasteiger partial charge in [0.05, 0.1) is 5.60 Å². The monoisotopic (exact) mass is 143 g/mol. The van der Waals surface area contributed by atoms with Crippen LogP contribution in [0, 0.1) is 0 Å². The van der Waals surface area contributed by atoms with Crippen LogP contribution < -0.4 is 0 Å². The Morgan fingerprint density at radius 1 is 1.40 bits per heavy atom. The van der Waals surface area contributed by atoms with Gasteiger partial charge in [0.1, 0.15) is 0 Å². The summed E-state index contributed by atoms with van der Waals surface area (Å²) >= 11 is 0.